The Kier molecular flexibility index (Phi) is 5.38. The number of carbonyl (C=O) groups is 1. The number of nitrogens with zero attached hydrogens (tertiary/aromatic N) is 4. The molecule has 0 radical (unpaired) electrons. The van der Waals surface area contributed by atoms with Crippen molar-refractivity contribution < 1.29 is 13.2 Å². The minimum absolute atomic E-state index is 0.0296. The first-order valence-electron chi connectivity index (χ1n) is 9.68. The molecule has 1 aromatic heterocycles. The van der Waals surface area contributed by atoms with Gasteiger partial charge in [0.2, 0.25) is 15.9 Å². The average Bonchev–Trinajstić information content (AvgIpc) is 3.00. The number of carbonyl (C=O) groups excluding carboxylic acids is 1. The van der Waals surface area contributed by atoms with Crippen molar-refractivity contribution in [2.45, 2.75) is 17.7 Å². The first-order chi connectivity index (χ1) is 13.9. The van der Waals surface area contributed by atoms with Crippen molar-refractivity contribution in [1.29, 1.82) is 0 Å². The molecule has 2 aromatic carbocycles. The number of rotatable bonds is 4. The number of aromatic nitrogens is 2. The van der Waals surface area contributed by atoms with Gasteiger partial charge in [0.05, 0.1) is 12.6 Å². The molecule has 4 rings (SSSR count). The van der Waals surface area contributed by atoms with E-state index in [1.165, 1.54) is 21.4 Å². The Hall–Kier alpha value is -2.71. The molecule has 0 aliphatic carbocycles. The van der Waals surface area contributed by atoms with Crippen LogP contribution in [0.3, 0.4) is 0 Å². The van der Waals surface area contributed by atoms with Crippen LogP contribution < -0.4 is 0 Å². The first-order valence-corrected chi connectivity index (χ1v) is 11.1. The van der Waals surface area contributed by atoms with Crippen molar-refractivity contribution in [1.82, 2.24) is 19.0 Å². The number of hydrogen-bond acceptors (Lipinski definition) is 4. The second-order valence-electron chi connectivity index (χ2n) is 7.30. The van der Waals surface area contributed by atoms with Gasteiger partial charge >= 0.3 is 0 Å². The summed E-state index contributed by atoms with van der Waals surface area (Å²) in [5.74, 6) is 0.0296. The summed E-state index contributed by atoms with van der Waals surface area (Å²) < 4.78 is 28.6. The number of amides is 1. The van der Waals surface area contributed by atoms with Gasteiger partial charge < -0.3 is 4.90 Å². The second kappa shape index (κ2) is 7.96. The fourth-order valence-corrected chi connectivity index (χ4v) is 5.24. The Bertz CT molecular complexity index is 1130. The molecule has 1 fully saturated rings. The number of fused-ring (bicyclic) bond motifs is 1. The predicted octanol–water partition coefficient (Wildman–Crippen LogP) is 2.04. The van der Waals surface area contributed by atoms with Crippen LogP contribution >= 0.6 is 0 Å². The molecule has 1 aliphatic heterocycles. The van der Waals surface area contributed by atoms with Crippen LogP contribution in [0.4, 0.5) is 0 Å². The van der Waals surface area contributed by atoms with Crippen molar-refractivity contribution in [2.75, 3.05) is 26.2 Å². The van der Waals surface area contributed by atoms with Crippen LogP contribution in [0.1, 0.15) is 12.0 Å². The highest BCUT2D eigenvalue weighted by molar-refractivity contribution is 7.89. The Balaban J connectivity index is 1.46. The number of hydrogen-bond donors (Lipinski definition) is 0. The molecular formula is C21H24N4O3S. The van der Waals surface area contributed by atoms with Crippen molar-refractivity contribution in [3.8, 4) is 0 Å². The molecule has 0 spiro atoms. The normalized spacial score (nSPS) is 16.1. The van der Waals surface area contributed by atoms with Gasteiger partial charge in [0.1, 0.15) is 4.90 Å². The summed E-state index contributed by atoms with van der Waals surface area (Å²) in [6, 6.07) is 14.0. The maximum atomic E-state index is 12.9. The highest BCUT2D eigenvalue weighted by atomic mass is 32.2. The number of aryl methyl sites for hydroxylation is 1. The van der Waals surface area contributed by atoms with Gasteiger partial charge in [0.25, 0.3) is 0 Å². The highest BCUT2D eigenvalue weighted by Gasteiger charge is 2.29. The van der Waals surface area contributed by atoms with E-state index in [4.69, 9.17) is 0 Å². The topological polar surface area (TPSA) is 75.5 Å². The van der Waals surface area contributed by atoms with Gasteiger partial charge in [-0.3, -0.25) is 9.48 Å². The van der Waals surface area contributed by atoms with E-state index < -0.39 is 10.0 Å². The second-order valence-corrected chi connectivity index (χ2v) is 9.24. The van der Waals surface area contributed by atoms with Crippen LogP contribution in [0, 0.1) is 0 Å². The SMILES string of the molecule is Cn1cc(S(=O)(=O)N2CCCN(C(=O)Cc3cccc4ccccc34)CC2)cn1. The van der Waals surface area contributed by atoms with E-state index in [0.717, 1.165) is 16.3 Å². The minimum Gasteiger partial charge on any atom is -0.341 e. The molecule has 0 saturated carbocycles. The lowest BCUT2D eigenvalue weighted by Crippen LogP contribution is -2.37. The zero-order valence-electron chi connectivity index (χ0n) is 16.4. The van der Waals surface area contributed by atoms with Crippen molar-refractivity contribution in [3.05, 3.63) is 60.4 Å². The lowest BCUT2D eigenvalue weighted by atomic mass is 10.0. The maximum Gasteiger partial charge on any atom is 0.246 e. The van der Waals surface area contributed by atoms with E-state index in [9.17, 15) is 13.2 Å². The smallest absolute Gasteiger partial charge is 0.246 e. The van der Waals surface area contributed by atoms with Crippen LogP contribution in [0.5, 0.6) is 0 Å². The van der Waals surface area contributed by atoms with Crippen LogP contribution in [0.2, 0.25) is 0 Å². The summed E-state index contributed by atoms with van der Waals surface area (Å²) in [4.78, 5) is 14.9. The monoisotopic (exact) mass is 412 g/mol. The van der Waals surface area contributed by atoms with Crippen molar-refractivity contribution >= 4 is 26.7 Å². The van der Waals surface area contributed by atoms with Crippen LogP contribution in [0.15, 0.2) is 59.8 Å². The predicted molar refractivity (Wildman–Crippen MR) is 111 cm³/mol. The maximum absolute atomic E-state index is 12.9. The molecule has 29 heavy (non-hydrogen) atoms. The van der Waals surface area contributed by atoms with Gasteiger partial charge in [-0.05, 0) is 22.8 Å². The van der Waals surface area contributed by atoms with Crippen LogP contribution in [-0.2, 0) is 28.3 Å². The number of benzene rings is 2. The summed E-state index contributed by atoms with van der Waals surface area (Å²) in [7, 11) is -1.90. The van der Waals surface area contributed by atoms with Gasteiger partial charge in [-0.15, -0.1) is 0 Å². The fraction of sp³-hybridized carbons (Fsp3) is 0.333. The molecule has 152 valence electrons. The Morgan fingerprint density at radius 2 is 1.83 bits per heavy atom. The molecule has 8 heteroatoms. The van der Waals surface area contributed by atoms with E-state index in [2.05, 4.69) is 5.10 Å². The van der Waals surface area contributed by atoms with Gasteiger partial charge in [0.15, 0.2) is 0 Å². The third-order valence-corrected chi connectivity index (χ3v) is 7.20. The van der Waals surface area contributed by atoms with E-state index in [0.29, 0.717) is 39.0 Å². The first kappa shape index (κ1) is 19.6. The van der Waals surface area contributed by atoms with Gasteiger partial charge in [-0.25, -0.2) is 8.42 Å². The van der Waals surface area contributed by atoms with E-state index in [1.54, 1.807) is 11.9 Å². The Labute approximate surface area is 170 Å². The number of sulfonamides is 1. The van der Waals surface area contributed by atoms with Crippen LogP contribution in [0.25, 0.3) is 10.8 Å². The molecule has 2 heterocycles. The van der Waals surface area contributed by atoms with Crippen molar-refractivity contribution in [2.24, 2.45) is 7.05 Å². The molecule has 1 saturated heterocycles. The molecular weight excluding hydrogens is 388 g/mol. The molecule has 0 bridgehead atoms. The lowest BCUT2D eigenvalue weighted by Gasteiger charge is -2.22. The molecule has 0 unspecified atom stereocenters. The van der Waals surface area contributed by atoms with Gasteiger partial charge in [-0.1, -0.05) is 42.5 Å². The summed E-state index contributed by atoms with van der Waals surface area (Å²) in [5, 5.41) is 6.16. The van der Waals surface area contributed by atoms with Gasteiger partial charge in [0, 0.05) is 39.4 Å². The lowest BCUT2D eigenvalue weighted by molar-refractivity contribution is -0.130. The summed E-state index contributed by atoms with van der Waals surface area (Å²) >= 11 is 0. The fourth-order valence-electron chi connectivity index (χ4n) is 3.79. The summed E-state index contributed by atoms with van der Waals surface area (Å²) in [6.07, 6.45) is 3.80. The third kappa shape index (κ3) is 4.04. The zero-order chi connectivity index (χ0) is 20.4. The third-order valence-electron chi connectivity index (χ3n) is 5.35. The highest BCUT2D eigenvalue weighted by Crippen LogP contribution is 2.21. The standard InChI is InChI=1S/C21H24N4O3S/c1-23-16-19(15-22-23)29(27,28)25-11-5-10-24(12-13-25)21(26)14-18-8-4-7-17-6-2-3-9-20(17)18/h2-4,6-9,15-16H,5,10-14H2,1H3. The Morgan fingerprint density at radius 1 is 1.03 bits per heavy atom. The molecule has 0 N–H and O–H groups in total. The Morgan fingerprint density at radius 3 is 2.62 bits per heavy atom. The molecule has 1 amide bonds. The average molecular weight is 413 g/mol. The van der Waals surface area contributed by atoms with Crippen LogP contribution in [-0.4, -0.2) is 59.5 Å². The van der Waals surface area contributed by atoms with E-state index in [-0.39, 0.29) is 10.8 Å². The molecule has 7 nitrogen and oxygen atoms in total. The van der Waals surface area contributed by atoms with Crippen molar-refractivity contribution in [3.63, 3.8) is 0 Å². The molecule has 3 aromatic rings. The minimum atomic E-state index is -3.59. The molecule has 0 atom stereocenters. The van der Waals surface area contributed by atoms with Gasteiger partial charge in [-0.2, -0.15) is 9.40 Å². The summed E-state index contributed by atoms with van der Waals surface area (Å²) in [5.41, 5.74) is 0.997. The molecule has 1 aliphatic rings. The van der Waals surface area contributed by atoms with E-state index in [1.807, 2.05) is 42.5 Å². The summed E-state index contributed by atoms with van der Waals surface area (Å²) in [6.45, 7) is 1.64. The zero-order valence-corrected chi connectivity index (χ0v) is 17.2. The van der Waals surface area contributed by atoms with E-state index >= 15 is 0 Å². The quantitative estimate of drug-likeness (QED) is 0.657. The largest absolute Gasteiger partial charge is 0.341 e.